The van der Waals surface area contributed by atoms with Crippen molar-refractivity contribution in [2.45, 2.75) is 12.8 Å². The van der Waals surface area contributed by atoms with Crippen LogP contribution in [-0.2, 0) is 12.8 Å². The summed E-state index contributed by atoms with van der Waals surface area (Å²) in [7, 11) is 0. The van der Waals surface area contributed by atoms with E-state index in [4.69, 9.17) is 0 Å². The quantitative estimate of drug-likeness (QED) is 0.204. The number of hydrogen-bond acceptors (Lipinski definition) is 0. The Morgan fingerprint density at radius 3 is 2.09 bits per heavy atom. The van der Waals surface area contributed by atoms with Gasteiger partial charge in [-0.3, -0.25) is 0 Å². The van der Waals surface area contributed by atoms with Crippen LogP contribution in [0.2, 0.25) is 0 Å². The van der Waals surface area contributed by atoms with Crippen molar-refractivity contribution >= 4 is 55.0 Å². The Morgan fingerprint density at radius 2 is 1.21 bits per heavy atom. The minimum absolute atomic E-state index is 0.955. The normalized spacial score (nSPS) is 13.5. The molecule has 0 saturated heterocycles. The van der Waals surface area contributed by atoms with Crippen molar-refractivity contribution in [3.63, 3.8) is 0 Å². The maximum atomic E-state index is 2.51. The van der Waals surface area contributed by atoms with Gasteiger partial charge in [-0.05, 0) is 97.8 Å². The molecule has 2 aliphatic rings. The largest absolute Gasteiger partial charge is 0.309 e. The van der Waals surface area contributed by atoms with E-state index >= 15 is 0 Å². The van der Waals surface area contributed by atoms with Gasteiger partial charge in [0, 0.05) is 16.2 Å². The first-order chi connectivity index (χ1) is 21.3. The van der Waals surface area contributed by atoms with Gasteiger partial charge < -0.3 is 4.57 Å². The first-order valence-electron chi connectivity index (χ1n) is 15.2. The van der Waals surface area contributed by atoms with Crippen molar-refractivity contribution < 1.29 is 0 Å². The van der Waals surface area contributed by atoms with Crippen LogP contribution in [0, 0.1) is 0 Å². The molecule has 10 rings (SSSR count). The highest BCUT2D eigenvalue weighted by Gasteiger charge is 2.25. The smallest absolute Gasteiger partial charge is 0.0547 e. The van der Waals surface area contributed by atoms with Gasteiger partial charge in [-0.25, -0.2) is 0 Å². The minimum atomic E-state index is 0.955. The standard InChI is InChI=1S/C42H27N/c1-2-10-27-20-31(19-26(27)9-1)30-17-18-34-32(21-30)22-33-25-40(35-13-5-6-15-37(35)42(33)34)43-39-16-8-7-14-36(39)38-23-28-11-3-4-12-29(28)24-41(38)43/h1-19,21,23-25H,20,22H2. The fourth-order valence-electron chi connectivity index (χ4n) is 7.82. The highest BCUT2D eigenvalue weighted by molar-refractivity contribution is 6.15. The van der Waals surface area contributed by atoms with E-state index in [1.54, 1.807) is 0 Å². The van der Waals surface area contributed by atoms with Crippen molar-refractivity contribution in [1.29, 1.82) is 0 Å². The summed E-state index contributed by atoms with van der Waals surface area (Å²) in [5.41, 5.74) is 14.9. The Kier molecular flexibility index (Phi) is 4.62. The number of nitrogens with zero attached hydrogens (tertiary/aromatic N) is 1. The van der Waals surface area contributed by atoms with Gasteiger partial charge in [-0.1, -0.05) is 115 Å². The molecule has 0 N–H and O–H groups in total. The topological polar surface area (TPSA) is 4.93 Å². The molecule has 43 heavy (non-hydrogen) atoms. The lowest BCUT2D eigenvalue weighted by Gasteiger charge is -2.16. The molecular formula is C42H27N. The third-order valence-electron chi connectivity index (χ3n) is 9.78. The highest BCUT2D eigenvalue weighted by atomic mass is 15.0. The molecule has 1 heterocycles. The maximum Gasteiger partial charge on any atom is 0.0547 e. The third-order valence-corrected chi connectivity index (χ3v) is 9.78. The van der Waals surface area contributed by atoms with Crippen molar-refractivity contribution in [2.24, 2.45) is 0 Å². The zero-order chi connectivity index (χ0) is 28.1. The average Bonchev–Trinajstić information content (AvgIpc) is 3.74. The summed E-state index contributed by atoms with van der Waals surface area (Å²) in [6.45, 7) is 0. The number of aromatic nitrogens is 1. The lowest BCUT2D eigenvalue weighted by atomic mass is 9.95. The number of allylic oxidation sites excluding steroid dienone is 1. The molecule has 1 aromatic heterocycles. The molecule has 1 nitrogen and oxygen atoms in total. The van der Waals surface area contributed by atoms with Crippen LogP contribution in [0.15, 0.2) is 133 Å². The van der Waals surface area contributed by atoms with E-state index in [1.807, 2.05) is 0 Å². The summed E-state index contributed by atoms with van der Waals surface area (Å²) in [6.07, 6.45) is 4.34. The fraction of sp³-hybridized carbons (Fsp3) is 0.0476. The van der Waals surface area contributed by atoms with Gasteiger partial charge in [0.25, 0.3) is 0 Å². The summed E-state index contributed by atoms with van der Waals surface area (Å²) >= 11 is 0. The summed E-state index contributed by atoms with van der Waals surface area (Å²) in [5, 5.41) is 7.78. The Labute approximate surface area is 250 Å². The van der Waals surface area contributed by atoms with Gasteiger partial charge in [0.05, 0.1) is 16.7 Å². The van der Waals surface area contributed by atoms with Crippen LogP contribution in [-0.4, -0.2) is 4.57 Å². The maximum absolute atomic E-state index is 2.51. The van der Waals surface area contributed by atoms with Gasteiger partial charge in [0.15, 0.2) is 0 Å². The summed E-state index contributed by atoms with van der Waals surface area (Å²) < 4.78 is 2.51. The average molecular weight is 546 g/mol. The van der Waals surface area contributed by atoms with Crippen molar-refractivity contribution in [3.8, 4) is 16.8 Å². The molecular weight excluding hydrogens is 518 g/mol. The molecule has 0 unspecified atom stereocenters. The first-order valence-corrected chi connectivity index (χ1v) is 15.2. The van der Waals surface area contributed by atoms with Gasteiger partial charge in [-0.2, -0.15) is 0 Å². The predicted octanol–water partition coefficient (Wildman–Crippen LogP) is 10.8. The second-order valence-corrected chi connectivity index (χ2v) is 12.1. The molecule has 0 aliphatic heterocycles. The molecule has 0 radical (unpaired) electrons. The van der Waals surface area contributed by atoms with E-state index < -0.39 is 0 Å². The first kappa shape index (κ1) is 23.2. The molecule has 8 aromatic rings. The van der Waals surface area contributed by atoms with Crippen LogP contribution in [0.3, 0.4) is 0 Å². The van der Waals surface area contributed by atoms with Crippen molar-refractivity contribution in [3.05, 3.63) is 161 Å². The Balaban J connectivity index is 1.19. The molecule has 0 amide bonds. The van der Waals surface area contributed by atoms with E-state index in [2.05, 4.69) is 144 Å². The molecule has 2 aliphatic carbocycles. The lowest BCUT2D eigenvalue weighted by molar-refractivity contribution is 1.18. The molecule has 0 saturated carbocycles. The SMILES string of the molecule is C1=C(c2ccc3c(c2)Cc2cc(-n4c5ccccc5c5cc6ccccc6cc54)c4ccccc4c2-3)Cc2ccccc21. The minimum Gasteiger partial charge on any atom is -0.309 e. The summed E-state index contributed by atoms with van der Waals surface area (Å²) in [4.78, 5) is 0. The number of fused-ring (bicyclic) bond motifs is 10. The van der Waals surface area contributed by atoms with Crippen molar-refractivity contribution in [2.75, 3.05) is 0 Å². The second kappa shape index (κ2) is 8.56. The van der Waals surface area contributed by atoms with E-state index in [0.717, 1.165) is 12.8 Å². The monoisotopic (exact) mass is 545 g/mol. The number of hydrogen-bond donors (Lipinski definition) is 0. The van der Waals surface area contributed by atoms with E-state index in [0.29, 0.717) is 0 Å². The van der Waals surface area contributed by atoms with E-state index in [-0.39, 0.29) is 0 Å². The van der Waals surface area contributed by atoms with Crippen LogP contribution in [0.1, 0.15) is 27.8 Å². The van der Waals surface area contributed by atoms with E-state index in [9.17, 15) is 0 Å². The van der Waals surface area contributed by atoms with Crippen LogP contribution in [0.4, 0.5) is 0 Å². The molecule has 200 valence electrons. The number of benzene rings is 7. The van der Waals surface area contributed by atoms with Gasteiger partial charge in [0.2, 0.25) is 0 Å². The van der Waals surface area contributed by atoms with Gasteiger partial charge >= 0.3 is 0 Å². The molecule has 0 atom stereocenters. The zero-order valence-electron chi connectivity index (χ0n) is 23.6. The zero-order valence-corrected chi connectivity index (χ0v) is 23.6. The van der Waals surface area contributed by atoms with Crippen molar-refractivity contribution in [1.82, 2.24) is 4.57 Å². The summed E-state index contributed by atoms with van der Waals surface area (Å²) in [5.74, 6) is 0. The van der Waals surface area contributed by atoms with Crippen LogP contribution < -0.4 is 0 Å². The lowest BCUT2D eigenvalue weighted by Crippen LogP contribution is -1.98. The molecule has 7 aromatic carbocycles. The molecule has 0 fully saturated rings. The van der Waals surface area contributed by atoms with Crippen LogP contribution in [0.25, 0.3) is 71.8 Å². The number of rotatable bonds is 2. The van der Waals surface area contributed by atoms with Crippen LogP contribution >= 0.6 is 0 Å². The van der Waals surface area contributed by atoms with Gasteiger partial charge in [0.1, 0.15) is 0 Å². The Bertz CT molecular complexity index is 2500. The molecule has 0 bridgehead atoms. The predicted molar refractivity (Wildman–Crippen MR) is 182 cm³/mol. The van der Waals surface area contributed by atoms with E-state index in [1.165, 1.54) is 93.6 Å². The second-order valence-electron chi connectivity index (χ2n) is 12.1. The molecule has 0 spiro atoms. The molecule has 1 heteroatoms. The Morgan fingerprint density at radius 1 is 0.465 bits per heavy atom. The van der Waals surface area contributed by atoms with Crippen LogP contribution in [0.5, 0.6) is 0 Å². The third kappa shape index (κ3) is 3.28. The number of para-hydroxylation sites is 1. The fourth-order valence-corrected chi connectivity index (χ4v) is 7.82. The highest BCUT2D eigenvalue weighted by Crippen LogP contribution is 2.46. The van der Waals surface area contributed by atoms with Gasteiger partial charge in [-0.15, -0.1) is 0 Å². The summed E-state index contributed by atoms with van der Waals surface area (Å²) in [6, 6.07) is 49.8. The Hall–Kier alpha value is -5.40.